The zero-order valence-electron chi connectivity index (χ0n) is 14.6. The average Bonchev–Trinajstić information content (AvgIpc) is 2.64. The molecular weight excluding hydrogens is 388 g/mol. The topological polar surface area (TPSA) is 84.5 Å². The van der Waals surface area contributed by atoms with Gasteiger partial charge in [0.1, 0.15) is 0 Å². The van der Waals surface area contributed by atoms with Crippen molar-refractivity contribution in [3.05, 3.63) is 59.6 Å². The Labute approximate surface area is 166 Å². The van der Waals surface area contributed by atoms with Crippen LogP contribution in [0.5, 0.6) is 0 Å². The summed E-state index contributed by atoms with van der Waals surface area (Å²) in [7, 11) is 0. The first-order valence-corrected chi connectivity index (χ1v) is 9.66. The van der Waals surface area contributed by atoms with Gasteiger partial charge in [0.2, 0.25) is 5.91 Å². The number of anilines is 2. The molecule has 0 radical (unpaired) electrons. The largest absolute Gasteiger partial charge is 0.452 e. The predicted molar refractivity (Wildman–Crippen MR) is 108 cm³/mol. The maximum absolute atomic E-state index is 12.0. The third kappa shape index (κ3) is 7.72. The minimum Gasteiger partial charge on any atom is -0.452 e. The summed E-state index contributed by atoms with van der Waals surface area (Å²) < 4.78 is 5.08. The van der Waals surface area contributed by atoms with Crippen LogP contribution < -0.4 is 10.6 Å². The van der Waals surface area contributed by atoms with Gasteiger partial charge in [-0.3, -0.25) is 14.4 Å². The molecule has 0 saturated heterocycles. The van der Waals surface area contributed by atoms with Crippen LogP contribution in [0.3, 0.4) is 0 Å². The lowest BCUT2D eigenvalue weighted by molar-refractivity contribution is -0.150. The normalized spacial score (nSPS) is 11.3. The average molecular weight is 407 g/mol. The predicted octanol–water partition coefficient (Wildman–Crippen LogP) is 3.58. The number of hydrogen-bond acceptors (Lipinski definition) is 5. The van der Waals surface area contributed by atoms with E-state index in [9.17, 15) is 14.4 Å². The fourth-order valence-corrected chi connectivity index (χ4v) is 2.73. The number of thioether (sulfide) groups is 1. The highest BCUT2D eigenvalue weighted by Crippen LogP contribution is 2.14. The molecule has 0 aliphatic heterocycles. The number of rotatable bonds is 8. The van der Waals surface area contributed by atoms with Crippen LogP contribution in [0.25, 0.3) is 0 Å². The van der Waals surface area contributed by atoms with Gasteiger partial charge in [0.05, 0.1) is 11.5 Å². The molecule has 0 spiro atoms. The number of benzene rings is 2. The number of esters is 1. The Bertz CT molecular complexity index is 784. The summed E-state index contributed by atoms with van der Waals surface area (Å²) in [4.78, 5) is 35.6. The summed E-state index contributed by atoms with van der Waals surface area (Å²) in [5.41, 5.74) is 1.25. The third-order valence-corrected chi connectivity index (χ3v) is 4.46. The molecule has 2 amide bonds. The minimum atomic E-state index is -0.929. The van der Waals surface area contributed by atoms with E-state index in [0.29, 0.717) is 16.4 Å². The van der Waals surface area contributed by atoms with Gasteiger partial charge in [-0.05, 0) is 43.3 Å². The van der Waals surface area contributed by atoms with Crippen molar-refractivity contribution in [3.63, 3.8) is 0 Å². The van der Waals surface area contributed by atoms with Crippen LogP contribution in [-0.4, -0.2) is 35.4 Å². The van der Waals surface area contributed by atoms with Gasteiger partial charge in [0.15, 0.2) is 6.10 Å². The number of carbonyl (C=O) groups excluding carboxylic acids is 3. The van der Waals surface area contributed by atoms with Gasteiger partial charge >= 0.3 is 5.97 Å². The summed E-state index contributed by atoms with van der Waals surface area (Å²) >= 11 is 6.88. The van der Waals surface area contributed by atoms with Crippen LogP contribution in [0.4, 0.5) is 11.4 Å². The van der Waals surface area contributed by atoms with Crippen LogP contribution in [0.15, 0.2) is 54.6 Å². The Morgan fingerprint density at radius 1 is 0.963 bits per heavy atom. The first-order chi connectivity index (χ1) is 12.9. The first-order valence-electron chi connectivity index (χ1n) is 8.12. The molecule has 2 aromatic carbocycles. The number of para-hydroxylation sites is 1. The quantitative estimate of drug-likeness (QED) is 0.654. The van der Waals surface area contributed by atoms with Crippen molar-refractivity contribution in [2.24, 2.45) is 0 Å². The van der Waals surface area contributed by atoms with E-state index in [4.69, 9.17) is 16.3 Å². The molecule has 2 N–H and O–H groups in total. The highest BCUT2D eigenvalue weighted by molar-refractivity contribution is 8.00. The Kier molecular flexibility index (Phi) is 8.16. The van der Waals surface area contributed by atoms with Crippen molar-refractivity contribution >= 4 is 52.5 Å². The lowest BCUT2D eigenvalue weighted by Crippen LogP contribution is -2.30. The van der Waals surface area contributed by atoms with E-state index in [1.54, 1.807) is 48.5 Å². The molecule has 0 bridgehead atoms. The number of amides is 2. The first kappa shape index (κ1) is 20.8. The van der Waals surface area contributed by atoms with E-state index in [1.807, 2.05) is 6.07 Å². The molecule has 0 heterocycles. The molecule has 27 heavy (non-hydrogen) atoms. The summed E-state index contributed by atoms with van der Waals surface area (Å²) in [5.74, 6) is -1.17. The molecular formula is C19H19ClN2O4S. The number of nitrogens with one attached hydrogen (secondary N) is 2. The van der Waals surface area contributed by atoms with Gasteiger partial charge in [-0.15, -0.1) is 11.8 Å². The van der Waals surface area contributed by atoms with Gasteiger partial charge in [0, 0.05) is 16.4 Å². The highest BCUT2D eigenvalue weighted by atomic mass is 35.5. The monoisotopic (exact) mass is 406 g/mol. The van der Waals surface area contributed by atoms with Gasteiger partial charge in [-0.25, -0.2) is 0 Å². The molecule has 0 aliphatic rings. The van der Waals surface area contributed by atoms with Crippen molar-refractivity contribution in [1.29, 1.82) is 0 Å². The molecule has 0 unspecified atom stereocenters. The van der Waals surface area contributed by atoms with Crippen molar-refractivity contribution < 1.29 is 19.1 Å². The Hall–Kier alpha value is -2.51. The SMILES string of the molecule is C[C@@H](OC(=O)CSCC(=O)Nc1ccc(Cl)cc1)C(=O)Nc1ccccc1. The molecule has 1 atom stereocenters. The van der Waals surface area contributed by atoms with E-state index >= 15 is 0 Å². The Balaban J connectivity index is 1.66. The minimum absolute atomic E-state index is 0.0308. The molecule has 8 heteroatoms. The Morgan fingerprint density at radius 2 is 1.59 bits per heavy atom. The fourth-order valence-electron chi connectivity index (χ4n) is 2.01. The number of ether oxygens (including phenoxy) is 1. The lowest BCUT2D eigenvalue weighted by Gasteiger charge is -2.13. The molecule has 0 saturated carbocycles. The van der Waals surface area contributed by atoms with Crippen LogP contribution >= 0.6 is 23.4 Å². The van der Waals surface area contributed by atoms with E-state index in [0.717, 1.165) is 11.8 Å². The molecule has 0 aromatic heterocycles. The molecule has 0 fully saturated rings. The summed E-state index contributed by atoms with van der Waals surface area (Å²) in [6, 6.07) is 15.6. The molecule has 6 nitrogen and oxygen atoms in total. The standard InChI is InChI=1S/C19H19ClN2O4S/c1-13(19(25)22-15-5-3-2-4-6-15)26-18(24)12-27-11-17(23)21-16-9-7-14(20)8-10-16/h2-10,13H,11-12H2,1H3,(H,21,23)(H,22,25)/t13-/m1/s1. The van der Waals surface area contributed by atoms with Crippen LogP contribution in [0, 0.1) is 0 Å². The Morgan fingerprint density at radius 3 is 2.26 bits per heavy atom. The van der Waals surface area contributed by atoms with E-state index < -0.39 is 18.0 Å². The molecule has 2 rings (SSSR count). The van der Waals surface area contributed by atoms with Crippen molar-refractivity contribution in [1.82, 2.24) is 0 Å². The molecule has 0 aliphatic carbocycles. The van der Waals surface area contributed by atoms with Crippen LogP contribution in [-0.2, 0) is 19.1 Å². The van der Waals surface area contributed by atoms with E-state index in [-0.39, 0.29) is 17.4 Å². The van der Waals surface area contributed by atoms with Crippen molar-refractivity contribution in [2.45, 2.75) is 13.0 Å². The van der Waals surface area contributed by atoms with Crippen molar-refractivity contribution in [3.8, 4) is 0 Å². The van der Waals surface area contributed by atoms with Crippen molar-refractivity contribution in [2.75, 3.05) is 22.1 Å². The van der Waals surface area contributed by atoms with E-state index in [2.05, 4.69) is 10.6 Å². The van der Waals surface area contributed by atoms with E-state index in [1.165, 1.54) is 6.92 Å². The summed E-state index contributed by atoms with van der Waals surface area (Å²) in [6.45, 7) is 1.49. The second-order valence-corrected chi connectivity index (χ2v) is 6.96. The molecule has 142 valence electrons. The summed E-state index contributed by atoms with van der Waals surface area (Å²) in [6.07, 6.45) is -0.929. The van der Waals surface area contributed by atoms with Gasteiger partial charge in [0.25, 0.3) is 5.91 Å². The zero-order valence-corrected chi connectivity index (χ0v) is 16.2. The number of halogens is 1. The molecule has 2 aromatic rings. The third-order valence-electron chi connectivity index (χ3n) is 3.30. The fraction of sp³-hybridized carbons (Fsp3) is 0.211. The van der Waals surface area contributed by atoms with Crippen LogP contribution in [0.2, 0.25) is 5.02 Å². The number of carbonyl (C=O) groups is 3. The van der Waals surface area contributed by atoms with Gasteiger partial charge in [-0.2, -0.15) is 0 Å². The maximum Gasteiger partial charge on any atom is 0.316 e. The zero-order chi connectivity index (χ0) is 19.6. The number of hydrogen-bond donors (Lipinski definition) is 2. The van der Waals surface area contributed by atoms with Gasteiger partial charge in [-0.1, -0.05) is 29.8 Å². The maximum atomic E-state index is 12.0. The smallest absolute Gasteiger partial charge is 0.316 e. The van der Waals surface area contributed by atoms with Crippen LogP contribution in [0.1, 0.15) is 6.92 Å². The second kappa shape index (κ2) is 10.6. The lowest BCUT2D eigenvalue weighted by atomic mass is 10.3. The summed E-state index contributed by atoms with van der Waals surface area (Å²) in [5, 5.41) is 5.93. The van der Waals surface area contributed by atoms with Gasteiger partial charge < -0.3 is 15.4 Å². The second-order valence-electron chi connectivity index (χ2n) is 5.54. The highest BCUT2D eigenvalue weighted by Gasteiger charge is 2.18.